The summed E-state index contributed by atoms with van der Waals surface area (Å²) in [6, 6.07) is 61.3. The van der Waals surface area contributed by atoms with Crippen LogP contribution >= 0.6 is 0 Å². The van der Waals surface area contributed by atoms with Gasteiger partial charge in [-0.05, 0) is 52.6 Å². The second-order valence-electron chi connectivity index (χ2n) is 12.3. The number of hydrogen-bond donors (Lipinski definition) is 0. The lowest BCUT2D eigenvalue weighted by Gasteiger charge is -2.13. The first-order valence-electron chi connectivity index (χ1n) is 16.7. The van der Waals surface area contributed by atoms with Crippen molar-refractivity contribution in [3.63, 3.8) is 0 Å². The Bertz CT molecular complexity index is 2590. The summed E-state index contributed by atoms with van der Waals surface area (Å²) < 4.78 is 3.52. The van der Waals surface area contributed by atoms with E-state index < -0.39 is 0 Å². The van der Waals surface area contributed by atoms with Crippen LogP contribution in [0.3, 0.4) is 0 Å². The van der Waals surface area contributed by atoms with E-state index in [1.807, 2.05) is 60.7 Å². The molecule has 9 aromatic rings. The Morgan fingerprint density at radius 3 is 1.42 bits per heavy atom. The first-order valence-corrected chi connectivity index (χ1v) is 17.2. The third-order valence-corrected chi connectivity index (χ3v) is 9.72. The SMILES string of the molecule is [Al][c]1ccccc1-n1c2ccc(-c3ccccc3)cc2c2cc(-c3ccccc3-c3nc(-c4ccccc4)nc(-c4ccccc4)n3)ccc21. The van der Waals surface area contributed by atoms with E-state index in [9.17, 15) is 0 Å². The van der Waals surface area contributed by atoms with Crippen molar-refractivity contribution in [2.45, 2.75) is 0 Å². The molecule has 50 heavy (non-hydrogen) atoms. The van der Waals surface area contributed by atoms with Crippen molar-refractivity contribution in [1.29, 1.82) is 0 Å². The van der Waals surface area contributed by atoms with E-state index in [0.717, 1.165) is 49.0 Å². The normalized spacial score (nSPS) is 11.3. The molecule has 0 aliphatic rings. The number of nitrogens with zero attached hydrogens (tertiary/aromatic N) is 4. The summed E-state index contributed by atoms with van der Waals surface area (Å²) in [4.78, 5) is 15.1. The molecule has 0 fully saturated rings. The van der Waals surface area contributed by atoms with Crippen molar-refractivity contribution in [3.8, 4) is 62.1 Å². The summed E-state index contributed by atoms with van der Waals surface area (Å²) in [5.41, 5.74) is 10.8. The molecule has 0 amide bonds. The number of para-hydroxylation sites is 1. The highest BCUT2D eigenvalue weighted by molar-refractivity contribution is 6.35. The topological polar surface area (TPSA) is 43.6 Å². The van der Waals surface area contributed by atoms with Gasteiger partial charge in [-0.2, -0.15) is 0 Å². The van der Waals surface area contributed by atoms with Crippen LogP contribution in [-0.2, 0) is 0 Å². The van der Waals surface area contributed by atoms with E-state index in [-0.39, 0.29) is 0 Å². The van der Waals surface area contributed by atoms with Crippen LogP contribution in [-0.4, -0.2) is 35.8 Å². The predicted molar refractivity (Wildman–Crippen MR) is 207 cm³/mol. The van der Waals surface area contributed by atoms with Gasteiger partial charge in [-0.1, -0.05) is 146 Å². The fourth-order valence-electron chi connectivity index (χ4n) is 6.81. The Balaban J connectivity index is 1.27. The minimum atomic E-state index is 0.638. The van der Waals surface area contributed by atoms with Crippen molar-refractivity contribution in [1.82, 2.24) is 19.5 Å². The molecule has 7 aromatic carbocycles. The van der Waals surface area contributed by atoms with Gasteiger partial charge in [0.25, 0.3) is 0 Å². The van der Waals surface area contributed by atoms with Gasteiger partial charge in [-0.15, -0.1) is 4.43 Å². The van der Waals surface area contributed by atoms with Crippen LogP contribution in [0.5, 0.6) is 0 Å². The molecule has 0 aliphatic carbocycles. The van der Waals surface area contributed by atoms with Gasteiger partial charge in [0.05, 0.1) is 11.0 Å². The van der Waals surface area contributed by atoms with E-state index in [1.165, 1.54) is 21.9 Å². The van der Waals surface area contributed by atoms with E-state index in [1.54, 1.807) is 0 Å². The molecule has 0 atom stereocenters. The van der Waals surface area contributed by atoms with Gasteiger partial charge < -0.3 is 4.57 Å². The zero-order valence-electron chi connectivity index (χ0n) is 27.1. The molecule has 0 spiro atoms. The lowest BCUT2D eigenvalue weighted by Crippen LogP contribution is -2.11. The first-order chi connectivity index (χ1) is 24.7. The molecule has 0 N–H and O–H groups in total. The molecule has 0 unspecified atom stereocenters. The Morgan fingerprint density at radius 2 is 0.820 bits per heavy atom. The molecule has 0 aliphatic heterocycles. The van der Waals surface area contributed by atoms with Gasteiger partial charge >= 0.3 is 0 Å². The Labute approximate surface area is 298 Å². The lowest BCUT2D eigenvalue weighted by molar-refractivity contribution is 1.07. The van der Waals surface area contributed by atoms with Crippen LogP contribution in [0.1, 0.15) is 0 Å². The molecule has 2 radical (unpaired) electrons. The smallest absolute Gasteiger partial charge is 0.179 e. The van der Waals surface area contributed by atoms with E-state index >= 15 is 0 Å². The number of hydrogen-bond acceptors (Lipinski definition) is 3. The van der Waals surface area contributed by atoms with Gasteiger partial charge in [0.1, 0.15) is 0 Å². The number of aromatic nitrogens is 4. The van der Waals surface area contributed by atoms with Gasteiger partial charge in [-0.25, -0.2) is 15.0 Å². The lowest BCUT2D eigenvalue weighted by atomic mass is 9.96. The molecule has 5 heteroatoms. The number of fused-ring (bicyclic) bond motifs is 3. The van der Waals surface area contributed by atoms with E-state index in [2.05, 4.69) is 136 Å². The van der Waals surface area contributed by atoms with Crippen LogP contribution in [0.2, 0.25) is 0 Å². The summed E-state index contributed by atoms with van der Waals surface area (Å²) in [5.74, 6) is 1.93. The van der Waals surface area contributed by atoms with E-state index in [4.69, 9.17) is 15.0 Å². The molecular weight excluding hydrogens is 624 g/mol. The first kappa shape index (κ1) is 30.0. The fourth-order valence-corrected chi connectivity index (χ4v) is 7.15. The van der Waals surface area contributed by atoms with Gasteiger partial charge in [0, 0.05) is 33.2 Å². The summed E-state index contributed by atoms with van der Waals surface area (Å²) in [6.45, 7) is 0. The molecule has 2 aromatic heterocycles. The molecule has 4 nitrogen and oxygen atoms in total. The van der Waals surface area contributed by atoms with Crippen molar-refractivity contribution >= 4 is 42.5 Å². The Hall–Kier alpha value is -6.12. The average Bonchev–Trinajstić information content (AvgIpc) is 3.51. The predicted octanol–water partition coefficient (Wildman–Crippen LogP) is 10.1. The second kappa shape index (κ2) is 12.7. The minimum absolute atomic E-state index is 0.638. The third kappa shape index (κ3) is 5.40. The van der Waals surface area contributed by atoms with Crippen LogP contribution < -0.4 is 4.43 Å². The highest BCUT2D eigenvalue weighted by Crippen LogP contribution is 2.39. The fraction of sp³-hybridized carbons (Fsp3) is 0. The van der Waals surface area contributed by atoms with Crippen molar-refractivity contribution in [2.75, 3.05) is 0 Å². The molecule has 2 heterocycles. The van der Waals surface area contributed by atoms with Gasteiger partial charge in [-0.3, -0.25) is 0 Å². The average molecular weight is 653 g/mol. The maximum atomic E-state index is 5.07. The van der Waals surface area contributed by atoms with Gasteiger partial charge in [0.15, 0.2) is 33.8 Å². The summed E-state index contributed by atoms with van der Waals surface area (Å²) in [7, 11) is 0. The summed E-state index contributed by atoms with van der Waals surface area (Å²) >= 11 is 2.91. The molecule has 0 bridgehead atoms. The summed E-state index contributed by atoms with van der Waals surface area (Å²) in [5, 5.41) is 2.38. The second-order valence-corrected chi connectivity index (χ2v) is 12.9. The van der Waals surface area contributed by atoms with E-state index in [0.29, 0.717) is 17.5 Å². The Morgan fingerprint density at radius 1 is 0.360 bits per heavy atom. The standard InChI is InChI=1S/C45H29N4.Al/c1-5-15-31(16-6-1)34-25-27-41-39(29-34)40-30-35(26-28-42(40)49(41)36-21-11-4-12-22-36)37-23-13-14-24-38(37)45-47-43(32-17-7-2-8-18-32)46-44(48-45)33-19-9-3-10-20-33;/h1-21,23-30H;. The van der Waals surface area contributed by atoms with Crippen LogP contribution in [0.15, 0.2) is 176 Å². The third-order valence-electron chi connectivity index (χ3n) is 9.23. The van der Waals surface area contributed by atoms with Crippen molar-refractivity contribution in [3.05, 3.63) is 176 Å². The zero-order valence-corrected chi connectivity index (χ0v) is 28.3. The number of benzene rings is 7. The van der Waals surface area contributed by atoms with Crippen LogP contribution in [0, 0.1) is 0 Å². The zero-order chi connectivity index (χ0) is 33.4. The monoisotopic (exact) mass is 652 g/mol. The highest BCUT2D eigenvalue weighted by Gasteiger charge is 2.18. The molecule has 0 saturated carbocycles. The molecule has 0 saturated heterocycles. The Kier molecular flexibility index (Phi) is 7.63. The molecule has 232 valence electrons. The van der Waals surface area contributed by atoms with Crippen LogP contribution in [0.25, 0.3) is 83.9 Å². The van der Waals surface area contributed by atoms with Crippen molar-refractivity contribution in [2.24, 2.45) is 0 Å². The minimum Gasteiger partial charge on any atom is -0.311 e. The molecule has 9 rings (SSSR count). The molecular formula is C45H29AlN4. The maximum absolute atomic E-state index is 5.07. The largest absolute Gasteiger partial charge is 0.311 e. The quantitative estimate of drug-likeness (QED) is 0.168. The van der Waals surface area contributed by atoms with Crippen LogP contribution in [0.4, 0.5) is 0 Å². The van der Waals surface area contributed by atoms with Crippen molar-refractivity contribution < 1.29 is 0 Å². The number of rotatable bonds is 6. The van der Waals surface area contributed by atoms with Gasteiger partial charge in [0.2, 0.25) is 0 Å². The highest BCUT2D eigenvalue weighted by atomic mass is 27.0. The summed E-state index contributed by atoms with van der Waals surface area (Å²) in [6.07, 6.45) is 0. The maximum Gasteiger partial charge on any atom is 0.179 e.